The average Bonchev–Trinajstić information content (AvgIpc) is 2.86. The second-order valence-electron chi connectivity index (χ2n) is 4.57. The zero-order valence-corrected chi connectivity index (χ0v) is 11.8. The first-order chi connectivity index (χ1) is 10.6. The molecule has 0 aliphatic rings. The van der Waals surface area contributed by atoms with E-state index in [2.05, 4.69) is 4.98 Å². The van der Waals surface area contributed by atoms with E-state index in [0.717, 1.165) is 0 Å². The van der Waals surface area contributed by atoms with Crippen molar-refractivity contribution in [1.29, 1.82) is 0 Å². The van der Waals surface area contributed by atoms with Crippen LogP contribution in [0.4, 0.5) is 5.95 Å². The van der Waals surface area contributed by atoms with Crippen LogP contribution in [-0.4, -0.2) is 61.8 Å². The van der Waals surface area contributed by atoms with E-state index in [-0.39, 0.29) is 32.8 Å². The highest BCUT2D eigenvalue weighted by molar-refractivity contribution is 5.82. The van der Waals surface area contributed by atoms with Crippen molar-refractivity contribution in [3.8, 4) is 0 Å². The van der Waals surface area contributed by atoms with E-state index in [1.54, 1.807) is 24.3 Å². The van der Waals surface area contributed by atoms with Crippen molar-refractivity contribution in [2.75, 3.05) is 26.3 Å². The highest BCUT2D eigenvalue weighted by atomic mass is 16.6. The van der Waals surface area contributed by atoms with Crippen LogP contribution in [-0.2, 0) is 11.3 Å². The van der Waals surface area contributed by atoms with Gasteiger partial charge in [-0.3, -0.25) is 4.79 Å². The molecule has 22 heavy (non-hydrogen) atoms. The molecule has 1 heterocycles. The van der Waals surface area contributed by atoms with Gasteiger partial charge in [0.2, 0.25) is 0 Å². The van der Waals surface area contributed by atoms with Crippen LogP contribution in [0, 0.1) is 10.1 Å². The van der Waals surface area contributed by atoms with E-state index < -0.39 is 16.8 Å². The van der Waals surface area contributed by atoms with Crippen LogP contribution in [0.2, 0.25) is 0 Å². The third kappa shape index (κ3) is 3.21. The Morgan fingerprint density at radius 2 is 1.91 bits per heavy atom. The first kappa shape index (κ1) is 15.9. The molecular formula is C13H16N4O5. The number of rotatable bonds is 7. The van der Waals surface area contributed by atoms with Crippen LogP contribution in [0.5, 0.6) is 0 Å². The predicted octanol–water partition coefficient (Wildman–Crippen LogP) is -0.242. The summed E-state index contributed by atoms with van der Waals surface area (Å²) in [6.45, 7) is -0.673. The number of carbonyl (C=O) groups excluding carboxylic acids is 1. The minimum atomic E-state index is -0.643. The van der Waals surface area contributed by atoms with E-state index in [0.29, 0.717) is 11.0 Å². The number of amides is 1. The van der Waals surface area contributed by atoms with Gasteiger partial charge in [0.25, 0.3) is 5.91 Å². The van der Waals surface area contributed by atoms with Gasteiger partial charge >= 0.3 is 5.95 Å². The molecule has 1 aromatic heterocycles. The van der Waals surface area contributed by atoms with Crippen molar-refractivity contribution in [3.63, 3.8) is 0 Å². The summed E-state index contributed by atoms with van der Waals surface area (Å²) in [5, 5.41) is 29.0. The van der Waals surface area contributed by atoms with Crippen LogP contribution in [0.25, 0.3) is 11.0 Å². The van der Waals surface area contributed by atoms with Crippen LogP contribution in [0.1, 0.15) is 0 Å². The molecule has 2 aromatic rings. The molecule has 0 spiro atoms. The summed E-state index contributed by atoms with van der Waals surface area (Å²) in [6.07, 6.45) is 0. The summed E-state index contributed by atoms with van der Waals surface area (Å²) in [7, 11) is 0. The zero-order chi connectivity index (χ0) is 16.1. The number of aromatic nitrogens is 2. The van der Waals surface area contributed by atoms with Crippen LogP contribution in [0.15, 0.2) is 24.3 Å². The lowest BCUT2D eigenvalue weighted by atomic mass is 10.3. The van der Waals surface area contributed by atoms with Crippen LogP contribution in [0.3, 0.4) is 0 Å². The third-order valence-corrected chi connectivity index (χ3v) is 3.18. The Kier molecular flexibility index (Phi) is 5.02. The molecule has 9 nitrogen and oxygen atoms in total. The van der Waals surface area contributed by atoms with Gasteiger partial charge in [-0.05, 0) is 17.1 Å². The number of para-hydroxylation sites is 2. The maximum atomic E-state index is 12.2. The van der Waals surface area contributed by atoms with E-state index in [1.807, 2.05) is 0 Å². The number of fused-ring (bicyclic) bond motifs is 1. The SMILES string of the molecule is O=C(Cn1c([N+](=O)[O-])nc2ccccc21)N(CCO)CCO. The van der Waals surface area contributed by atoms with Crippen molar-refractivity contribution in [2.45, 2.75) is 6.54 Å². The second kappa shape index (κ2) is 6.96. The van der Waals surface area contributed by atoms with E-state index in [4.69, 9.17) is 10.2 Å². The van der Waals surface area contributed by atoms with Gasteiger partial charge in [-0.25, -0.2) is 4.57 Å². The lowest BCUT2D eigenvalue weighted by molar-refractivity contribution is -0.396. The number of carbonyl (C=O) groups is 1. The summed E-state index contributed by atoms with van der Waals surface area (Å²) >= 11 is 0. The fourth-order valence-corrected chi connectivity index (χ4v) is 2.20. The number of imidazole rings is 1. The molecule has 0 aliphatic carbocycles. The lowest BCUT2D eigenvalue weighted by Gasteiger charge is -2.20. The Hall–Kier alpha value is -2.52. The Morgan fingerprint density at radius 3 is 2.50 bits per heavy atom. The standard InChI is InChI=1S/C13H16N4O5/c18-7-5-15(6-8-19)12(20)9-16-11-4-2-1-3-10(11)14-13(16)17(21)22/h1-4,18-19H,5-9H2. The van der Waals surface area contributed by atoms with Gasteiger partial charge in [-0.1, -0.05) is 17.1 Å². The third-order valence-electron chi connectivity index (χ3n) is 3.18. The van der Waals surface area contributed by atoms with Gasteiger partial charge in [0.15, 0.2) is 12.1 Å². The number of hydrogen-bond acceptors (Lipinski definition) is 6. The van der Waals surface area contributed by atoms with Crippen molar-refractivity contribution in [1.82, 2.24) is 14.5 Å². The fourth-order valence-electron chi connectivity index (χ4n) is 2.20. The molecule has 0 saturated carbocycles. The molecule has 9 heteroatoms. The fraction of sp³-hybridized carbons (Fsp3) is 0.385. The second-order valence-corrected chi connectivity index (χ2v) is 4.57. The van der Waals surface area contributed by atoms with Crippen LogP contribution < -0.4 is 0 Å². The van der Waals surface area contributed by atoms with E-state index in [1.165, 1.54) is 9.47 Å². The topological polar surface area (TPSA) is 122 Å². The Balaban J connectivity index is 2.35. The summed E-state index contributed by atoms with van der Waals surface area (Å²) < 4.78 is 1.22. The molecule has 0 fully saturated rings. The Morgan fingerprint density at radius 1 is 1.27 bits per heavy atom. The molecule has 2 rings (SSSR count). The zero-order valence-electron chi connectivity index (χ0n) is 11.8. The van der Waals surface area contributed by atoms with Crippen LogP contribution >= 0.6 is 0 Å². The first-order valence-electron chi connectivity index (χ1n) is 6.67. The Bertz CT molecular complexity index is 678. The summed E-state index contributed by atoms with van der Waals surface area (Å²) in [4.78, 5) is 27.9. The highest BCUT2D eigenvalue weighted by Gasteiger charge is 2.25. The lowest BCUT2D eigenvalue weighted by Crippen LogP contribution is -2.38. The molecule has 0 aliphatic heterocycles. The summed E-state index contributed by atoms with van der Waals surface area (Å²) in [5.74, 6) is -0.850. The van der Waals surface area contributed by atoms with Crippen molar-refractivity contribution in [3.05, 3.63) is 34.4 Å². The van der Waals surface area contributed by atoms with Crippen molar-refractivity contribution in [2.24, 2.45) is 0 Å². The molecule has 2 N–H and O–H groups in total. The van der Waals surface area contributed by atoms with Crippen molar-refractivity contribution >= 4 is 22.9 Å². The number of nitrogens with zero attached hydrogens (tertiary/aromatic N) is 4. The number of benzene rings is 1. The quantitative estimate of drug-likeness (QED) is 0.537. The molecule has 1 amide bonds. The molecule has 0 atom stereocenters. The minimum Gasteiger partial charge on any atom is -0.395 e. The number of hydrogen-bond donors (Lipinski definition) is 2. The highest BCUT2D eigenvalue weighted by Crippen LogP contribution is 2.21. The monoisotopic (exact) mass is 308 g/mol. The molecule has 118 valence electrons. The van der Waals surface area contributed by atoms with Gasteiger partial charge in [0.1, 0.15) is 5.52 Å². The van der Waals surface area contributed by atoms with Gasteiger partial charge in [0.05, 0.1) is 13.2 Å². The minimum absolute atomic E-state index is 0.0554. The van der Waals surface area contributed by atoms with E-state index in [9.17, 15) is 14.9 Å². The van der Waals surface area contributed by atoms with Gasteiger partial charge < -0.3 is 25.2 Å². The predicted molar refractivity (Wildman–Crippen MR) is 77.1 cm³/mol. The first-order valence-corrected chi connectivity index (χ1v) is 6.67. The average molecular weight is 308 g/mol. The van der Waals surface area contributed by atoms with Crippen molar-refractivity contribution < 1.29 is 19.9 Å². The molecular weight excluding hydrogens is 292 g/mol. The van der Waals surface area contributed by atoms with E-state index >= 15 is 0 Å². The van der Waals surface area contributed by atoms with Gasteiger partial charge in [-0.15, -0.1) is 0 Å². The van der Waals surface area contributed by atoms with Gasteiger partial charge in [0, 0.05) is 13.1 Å². The number of nitro groups is 1. The molecule has 0 unspecified atom stereocenters. The molecule has 0 saturated heterocycles. The normalized spacial score (nSPS) is 10.8. The number of aliphatic hydroxyl groups is 2. The molecule has 1 aromatic carbocycles. The molecule has 0 radical (unpaired) electrons. The smallest absolute Gasteiger partial charge is 0.395 e. The summed E-state index contributed by atoms with van der Waals surface area (Å²) in [6, 6.07) is 6.68. The largest absolute Gasteiger partial charge is 0.436 e. The van der Waals surface area contributed by atoms with Gasteiger partial charge in [-0.2, -0.15) is 0 Å². The maximum Gasteiger partial charge on any atom is 0.436 e. The Labute approximate surface area is 125 Å². The molecule has 0 bridgehead atoms. The number of aliphatic hydroxyl groups excluding tert-OH is 2. The summed E-state index contributed by atoms with van der Waals surface area (Å²) in [5.41, 5.74) is 0.911. The maximum absolute atomic E-state index is 12.2.